The van der Waals surface area contributed by atoms with Crippen molar-refractivity contribution in [3.63, 3.8) is 0 Å². The van der Waals surface area contributed by atoms with E-state index in [0.29, 0.717) is 10.5 Å². The molecule has 1 amide bonds. The molecule has 1 aromatic heterocycles. The largest absolute Gasteiger partial charge is 0.506 e. The molecule has 8 heteroatoms. The van der Waals surface area contributed by atoms with E-state index < -0.39 is 34.8 Å². The van der Waals surface area contributed by atoms with Crippen LogP contribution in [0.15, 0.2) is 23.0 Å². The summed E-state index contributed by atoms with van der Waals surface area (Å²) in [5.41, 5.74) is -0.898. The number of fused-ring (bicyclic) bond motifs is 1. The number of hydrogen-bond donors (Lipinski definition) is 3. The smallest absolute Gasteiger partial charge is 0.325 e. The Hall–Kier alpha value is -2.54. The lowest BCUT2D eigenvalue weighted by atomic mass is 10.1. The molecular weight excluding hydrogens is 312 g/mol. The summed E-state index contributed by atoms with van der Waals surface area (Å²) in [6.45, 7) is 1.25. The molecule has 22 heavy (non-hydrogen) atoms. The quantitative estimate of drug-likeness (QED) is 0.783. The third kappa shape index (κ3) is 2.62. The van der Waals surface area contributed by atoms with E-state index in [2.05, 4.69) is 5.32 Å². The maximum absolute atomic E-state index is 12.3. The van der Waals surface area contributed by atoms with E-state index >= 15 is 0 Å². The van der Waals surface area contributed by atoms with Crippen LogP contribution < -0.4 is 10.9 Å². The van der Waals surface area contributed by atoms with Gasteiger partial charge < -0.3 is 20.1 Å². The maximum atomic E-state index is 12.3. The summed E-state index contributed by atoms with van der Waals surface area (Å²) in [7, 11) is 1.43. The van der Waals surface area contributed by atoms with Crippen molar-refractivity contribution in [2.24, 2.45) is 7.05 Å². The highest BCUT2D eigenvalue weighted by atomic mass is 35.5. The van der Waals surface area contributed by atoms with Crippen LogP contribution in [0.4, 0.5) is 0 Å². The number of aliphatic carboxylic acids is 1. The minimum atomic E-state index is -1.25. The van der Waals surface area contributed by atoms with Gasteiger partial charge in [-0.2, -0.15) is 0 Å². The topological polar surface area (TPSA) is 109 Å². The second kappa shape index (κ2) is 5.69. The molecule has 2 rings (SSSR count). The molecule has 0 aliphatic heterocycles. The predicted molar refractivity (Wildman–Crippen MR) is 80.4 cm³/mol. The number of hydrogen-bond acceptors (Lipinski definition) is 4. The van der Waals surface area contributed by atoms with Crippen molar-refractivity contribution in [2.45, 2.75) is 13.0 Å². The molecule has 2 aromatic rings. The van der Waals surface area contributed by atoms with Crippen LogP contribution in [0.2, 0.25) is 5.02 Å². The second-order valence-electron chi connectivity index (χ2n) is 4.78. The number of rotatable bonds is 3. The SMILES string of the molecule is CC(NC(=O)c1c(O)c2ccc(Cl)cc2n(C)c1=O)C(=O)O. The fourth-order valence-electron chi connectivity index (χ4n) is 2.03. The Morgan fingerprint density at radius 2 is 2.00 bits per heavy atom. The van der Waals surface area contributed by atoms with Crippen LogP contribution in [-0.2, 0) is 11.8 Å². The third-order valence-corrected chi connectivity index (χ3v) is 3.51. The Kier molecular flexibility index (Phi) is 4.09. The lowest BCUT2D eigenvalue weighted by Gasteiger charge is -2.13. The molecule has 1 heterocycles. The summed E-state index contributed by atoms with van der Waals surface area (Å²) in [6, 6.07) is 3.27. The van der Waals surface area contributed by atoms with Gasteiger partial charge in [0.05, 0.1) is 5.52 Å². The average molecular weight is 325 g/mol. The first-order chi connectivity index (χ1) is 10.2. The Bertz CT molecular complexity index is 843. The highest BCUT2D eigenvalue weighted by molar-refractivity contribution is 6.31. The molecule has 0 aliphatic rings. The fraction of sp³-hybridized carbons (Fsp3) is 0.214. The zero-order valence-electron chi connectivity index (χ0n) is 11.8. The molecule has 0 spiro atoms. The molecule has 1 aromatic carbocycles. The van der Waals surface area contributed by atoms with Gasteiger partial charge in [-0.3, -0.25) is 14.4 Å². The predicted octanol–water partition coefficient (Wildman–Crippen LogP) is 1.10. The Morgan fingerprint density at radius 3 is 2.59 bits per heavy atom. The van der Waals surface area contributed by atoms with Gasteiger partial charge in [-0.1, -0.05) is 11.6 Å². The standard InChI is InChI=1S/C14H13ClN2O5/c1-6(14(21)22)16-12(19)10-11(18)8-4-3-7(15)5-9(8)17(2)13(10)20/h3-6,18H,1-2H3,(H,16,19)(H,21,22). The molecule has 0 bridgehead atoms. The van der Waals surface area contributed by atoms with Crippen LogP contribution in [-0.4, -0.2) is 32.7 Å². The molecule has 1 unspecified atom stereocenters. The molecular formula is C14H13ClN2O5. The van der Waals surface area contributed by atoms with Gasteiger partial charge in [-0.25, -0.2) is 0 Å². The van der Waals surface area contributed by atoms with E-state index in [4.69, 9.17) is 16.7 Å². The third-order valence-electron chi connectivity index (χ3n) is 3.28. The number of halogens is 1. The molecule has 0 aliphatic carbocycles. The first-order valence-corrected chi connectivity index (χ1v) is 6.66. The molecule has 0 radical (unpaired) electrons. The van der Waals surface area contributed by atoms with Crippen LogP contribution >= 0.6 is 11.6 Å². The van der Waals surface area contributed by atoms with Gasteiger partial charge in [-0.15, -0.1) is 0 Å². The zero-order chi connectivity index (χ0) is 16.6. The van der Waals surface area contributed by atoms with E-state index in [1.165, 1.54) is 36.7 Å². The van der Waals surface area contributed by atoms with Crippen LogP contribution in [0.3, 0.4) is 0 Å². The number of carboxylic acid groups (broad SMARTS) is 1. The highest BCUT2D eigenvalue weighted by Gasteiger charge is 2.24. The number of nitrogens with one attached hydrogen (secondary N) is 1. The number of nitrogens with zero attached hydrogens (tertiary/aromatic N) is 1. The lowest BCUT2D eigenvalue weighted by molar-refractivity contribution is -0.138. The minimum Gasteiger partial charge on any atom is -0.506 e. The summed E-state index contributed by atoms with van der Waals surface area (Å²) in [6.07, 6.45) is 0. The Morgan fingerprint density at radius 1 is 1.36 bits per heavy atom. The number of aromatic nitrogens is 1. The number of carboxylic acids is 1. The van der Waals surface area contributed by atoms with Gasteiger partial charge in [0, 0.05) is 17.5 Å². The summed E-state index contributed by atoms with van der Waals surface area (Å²) in [4.78, 5) is 35.1. The lowest BCUT2D eigenvalue weighted by Crippen LogP contribution is -2.41. The van der Waals surface area contributed by atoms with Crippen LogP contribution in [0.5, 0.6) is 5.75 Å². The summed E-state index contributed by atoms with van der Waals surface area (Å²) < 4.78 is 1.17. The van der Waals surface area contributed by atoms with E-state index in [-0.39, 0.29) is 5.39 Å². The fourth-order valence-corrected chi connectivity index (χ4v) is 2.20. The van der Waals surface area contributed by atoms with Crippen molar-refractivity contribution in [3.8, 4) is 5.75 Å². The first kappa shape index (κ1) is 15.8. The van der Waals surface area contributed by atoms with E-state index in [9.17, 15) is 19.5 Å². The van der Waals surface area contributed by atoms with E-state index in [1.807, 2.05) is 0 Å². The van der Waals surface area contributed by atoms with Gasteiger partial charge in [0.15, 0.2) is 0 Å². The van der Waals surface area contributed by atoms with Crippen LogP contribution in [0.25, 0.3) is 10.9 Å². The molecule has 0 fully saturated rings. The number of aromatic hydroxyl groups is 1. The minimum absolute atomic E-state index is 0.264. The Balaban J connectivity index is 2.65. The first-order valence-electron chi connectivity index (χ1n) is 6.29. The number of pyridine rings is 1. The average Bonchev–Trinajstić information content (AvgIpc) is 2.44. The van der Waals surface area contributed by atoms with Crippen molar-refractivity contribution in [1.29, 1.82) is 0 Å². The van der Waals surface area contributed by atoms with Crippen molar-refractivity contribution in [2.75, 3.05) is 0 Å². The molecule has 116 valence electrons. The number of carbonyl (C=O) groups excluding carboxylic acids is 1. The van der Waals surface area contributed by atoms with Gasteiger partial charge >= 0.3 is 5.97 Å². The summed E-state index contributed by atoms with van der Waals surface area (Å²) in [5, 5.41) is 21.8. The van der Waals surface area contributed by atoms with Crippen molar-refractivity contribution in [1.82, 2.24) is 9.88 Å². The van der Waals surface area contributed by atoms with Gasteiger partial charge in [0.2, 0.25) is 0 Å². The van der Waals surface area contributed by atoms with Gasteiger partial charge in [0.1, 0.15) is 17.4 Å². The number of amides is 1. The molecule has 7 nitrogen and oxygen atoms in total. The van der Waals surface area contributed by atoms with Crippen molar-refractivity contribution >= 4 is 34.4 Å². The summed E-state index contributed by atoms with van der Waals surface area (Å²) >= 11 is 5.86. The summed E-state index contributed by atoms with van der Waals surface area (Å²) in [5.74, 6) is -2.72. The molecule has 3 N–H and O–H groups in total. The molecule has 0 saturated heterocycles. The zero-order valence-corrected chi connectivity index (χ0v) is 12.5. The molecule has 0 saturated carbocycles. The normalized spacial score (nSPS) is 12.1. The number of benzene rings is 1. The molecule has 1 atom stereocenters. The van der Waals surface area contributed by atoms with Crippen molar-refractivity contribution < 1.29 is 19.8 Å². The van der Waals surface area contributed by atoms with Gasteiger partial charge in [0.25, 0.3) is 11.5 Å². The number of carbonyl (C=O) groups is 2. The van der Waals surface area contributed by atoms with Gasteiger partial charge in [-0.05, 0) is 25.1 Å². The van der Waals surface area contributed by atoms with Crippen LogP contribution in [0, 0.1) is 0 Å². The van der Waals surface area contributed by atoms with Crippen LogP contribution in [0.1, 0.15) is 17.3 Å². The van der Waals surface area contributed by atoms with E-state index in [1.54, 1.807) is 0 Å². The van der Waals surface area contributed by atoms with E-state index in [0.717, 1.165) is 0 Å². The van der Waals surface area contributed by atoms with Crippen molar-refractivity contribution in [3.05, 3.63) is 39.1 Å². The number of aryl methyl sites for hydroxylation is 1. The maximum Gasteiger partial charge on any atom is 0.325 e. The second-order valence-corrected chi connectivity index (χ2v) is 5.22. The Labute approximate surface area is 129 Å². The monoisotopic (exact) mass is 324 g/mol. The highest BCUT2D eigenvalue weighted by Crippen LogP contribution is 2.28.